The fourth-order valence-electron chi connectivity index (χ4n) is 1.55. The molecule has 2 aromatic rings. The molecule has 1 amide bonds. The van der Waals surface area contributed by atoms with Crippen LogP contribution in [-0.2, 0) is 4.79 Å². The van der Waals surface area contributed by atoms with Gasteiger partial charge >= 0.3 is 0 Å². The zero-order valence-electron chi connectivity index (χ0n) is 14.2. The summed E-state index contributed by atoms with van der Waals surface area (Å²) >= 11 is 7.01. The Balaban J connectivity index is 0.00000104. The Bertz CT molecular complexity index is 665. The number of aliphatic hydroxyl groups is 1. The van der Waals surface area contributed by atoms with Crippen molar-refractivity contribution in [3.63, 3.8) is 0 Å². The molecule has 0 bridgehead atoms. The van der Waals surface area contributed by atoms with Crippen molar-refractivity contribution < 1.29 is 19.6 Å². The summed E-state index contributed by atoms with van der Waals surface area (Å²) in [6, 6.07) is 8.49. The standard InChI is InChI=1S/C13H11ClNO3PS.C2H6O.CH5N/c1-8(17)15-13-9(7-16)6-12(20-13)19(18)11-4-2-10(14)3-5-11;1-2-3;1-2/h2-7,18H,1H3,(H,15,17);3H,2H2,1H3;2H2,1H3. The number of halogens is 1. The molecular weight excluding hydrogens is 383 g/mol. The number of nitrogens with two attached hydrogens (primary N) is 1. The maximum absolute atomic E-state index is 11.1. The van der Waals surface area contributed by atoms with E-state index in [1.807, 2.05) is 0 Å². The third kappa shape index (κ3) is 8.05. The molecule has 25 heavy (non-hydrogen) atoms. The minimum atomic E-state index is -1.56. The van der Waals surface area contributed by atoms with Gasteiger partial charge in [-0.25, -0.2) is 0 Å². The molecule has 1 unspecified atom stereocenters. The van der Waals surface area contributed by atoms with Crippen LogP contribution in [0.15, 0.2) is 30.3 Å². The van der Waals surface area contributed by atoms with E-state index in [0.29, 0.717) is 26.5 Å². The number of benzene rings is 1. The first-order chi connectivity index (χ1) is 11.9. The molecule has 0 saturated carbocycles. The number of hydrogen-bond acceptors (Lipinski definition) is 6. The molecule has 1 heterocycles. The molecular formula is C16H22ClN2O4PS. The lowest BCUT2D eigenvalue weighted by Crippen LogP contribution is -2.07. The van der Waals surface area contributed by atoms with Crippen molar-refractivity contribution in [1.82, 2.24) is 0 Å². The average molecular weight is 405 g/mol. The van der Waals surface area contributed by atoms with Crippen LogP contribution in [0.2, 0.25) is 5.02 Å². The molecule has 0 aliphatic heterocycles. The van der Waals surface area contributed by atoms with E-state index in [-0.39, 0.29) is 12.5 Å². The summed E-state index contributed by atoms with van der Waals surface area (Å²) in [5.74, 6) is -0.254. The van der Waals surface area contributed by atoms with Crippen LogP contribution in [0.1, 0.15) is 24.2 Å². The van der Waals surface area contributed by atoms with E-state index < -0.39 is 8.15 Å². The predicted molar refractivity (Wildman–Crippen MR) is 107 cm³/mol. The van der Waals surface area contributed by atoms with E-state index in [4.69, 9.17) is 16.7 Å². The maximum Gasteiger partial charge on any atom is 0.221 e. The smallest absolute Gasteiger partial charge is 0.221 e. The van der Waals surface area contributed by atoms with Gasteiger partial charge in [0.15, 0.2) is 6.29 Å². The number of aliphatic hydroxyl groups excluding tert-OH is 1. The van der Waals surface area contributed by atoms with Crippen molar-refractivity contribution in [3.8, 4) is 0 Å². The van der Waals surface area contributed by atoms with Gasteiger partial charge in [0.25, 0.3) is 0 Å². The van der Waals surface area contributed by atoms with Crippen molar-refractivity contribution >= 4 is 58.2 Å². The molecule has 1 aromatic heterocycles. The summed E-state index contributed by atoms with van der Waals surface area (Å²) in [5, 5.41) is 11.9. The van der Waals surface area contributed by atoms with Gasteiger partial charge in [-0.3, -0.25) is 9.59 Å². The highest BCUT2D eigenvalue weighted by molar-refractivity contribution is 7.73. The maximum atomic E-state index is 11.1. The molecule has 0 aliphatic rings. The van der Waals surface area contributed by atoms with Crippen LogP contribution in [0.5, 0.6) is 0 Å². The van der Waals surface area contributed by atoms with Crippen molar-refractivity contribution in [2.24, 2.45) is 5.73 Å². The van der Waals surface area contributed by atoms with Crippen LogP contribution in [0.4, 0.5) is 5.00 Å². The second kappa shape index (κ2) is 12.9. The molecule has 0 spiro atoms. The highest BCUT2D eigenvalue weighted by Crippen LogP contribution is 2.35. The van der Waals surface area contributed by atoms with Crippen LogP contribution < -0.4 is 21.0 Å². The number of carbonyl (C=O) groups is 2. The second-order valence-electron chi connectivity index (χ2n) is 4.27. The molecule has 0 fully saturated rings. The molecule has 6 nitrogen and oxygen atoms in total. The minimum Gasteiger partial charge on any atom is -0.397 e. The Kier molecular flexibility index (Phi) is 12.2. The SMILES string of the molecule is CC(=O)Nc1sc(P(O)c2ccc(Cl)cc2)cc1C=O.CCO.CN. The summed E-state index contributed by atoms with van der Waals surface area (Å²) < 4.78 is 0.646. The topological polar surface area (TPSA) is 113 Å². The Hall–Kier alpha value is -1.34. The van der Waals surface area contributed by atoms with E-state index in [0.717, 1.165) is 5.30 Å². The zero-order valence-corrected chi connectivity index (χ0v) is 16.7. The molecule has 9 heteroatoms. The summed E-state index contributed by atoms with van der Waals surface area (Å²) in [6.07, 6.45) is 0.663. The van der Waals surface area contributed by atoms with Gasteiger partial charge in [0.2, 0.25) is 5.91 Å². The number of thiophene rings is 1. The van der Waals surface area contributed by atoms with Crippen LogP contribution in [0.25, 0.3) is 0 Å². The number of amides is 1. The fourth-order valence-corrected chi connectivity index (χ4v) is 4.37. The largest absolute Gasteiger partial charge is 0.397 e. The molecule has 2 rings (SSSR count). The Morgan fingerprint density at radius 3 is 2.32 bits per heavy atom. The van der Waals surface area contributed by atoms with Gasteiger partial charge < -0.3 is 21.1 Å². The molecule has 0 aliphatic carbocycles. The number of carbonyl (C=O) groups excluding carboxylic acids is 2. The molecule has 138 valence electrons. The molecule has 5 N–H and O–H groups in total. The summed E-state index contributed by atoms with van der Waals surface area (Å²) in [5.41, 5.74) is 4.87. The molecule has 1 aromatic carbocycles. The first-order valence-corrected chi connectivity index (χ1v) is 9.71. The monoisotopic (exact) mass is 404 g/mol. The van der Waals surface area contributed by atoms with Crippen molar-refractivity contribution in [1.29, 1.82) is 0 Å². The van der Waals surface area contributed by atoms with Crippen molar-refractivity contribution in [2.75, 3.05) is 19.0 Å². The van der Waals surface area contributed by atoms with Gasteiger partial charge in [0.05, 0.1) is 12.8 Å². The lowest BCUT2D eigenvalue weighted by molar-refractivity contribution is -0.114. The van der Waals surface area contributed by atoms with Gasteiger partial charge in [0.1, 0.15) is 5.00 Å². The van der Waals surface area contributed by atoms with Crippen LogP contribution in [0, 0.1) is 0 Å². The lowest BCUT2D eigenvalue weighted by atomic mass is 10.3. The highest BCUT2D eigenvalue weighted by atomic mass is 35.5. The predicted octanol–water partition coefficient (Wildman–Crippen LogP) is 2.09. The lowest BCUT2D eigenvalue weighted by Gasteiger charge is -2.07. The van der Waals surface area contributed by atoms with E-state index in [1.165, 1.54) is 25.3 Å². The zero-order chi connectivity index (χ0) is 19.4. The number of rotatable bonds is 4. The number of nitrogens with one attached hydrogen (secondary N) is 1. The van der Waals surface area contributed by atoms with Gasteiger partial charge in [-0.1, -0.05) is 23.7 Å². The first-order valence-electron chi connectivity index (χ1n) is 7.22. The van der Waals surface area contributed by atoms with Crippen molar-refractivity contribution in [2.45, 2.75) is 13.8 Å². The quantitative estimate of drug-likeness (QED) is 0.460. The van der Waals surface area contributed by atoms with E-state index in [1.54, 1.807) is 37.3 Å². The Labute approximate surface area is 157 Å². The summed E-state index contributed by atoms with van der Waals surface area (Å²) in [4.78, 5) is 32.4. The summed E-state index contributed by atoms with van der Waals surface area (Å²) in [7, 11) is -0.0596. The second-order valence-corrected chi connectivity index (χ2v) is 7.69. The molecule has 0 radical (unpaired) electrons. The molecule has 1 atom stereocenters. The number of aldehydes is 1. The Morgan fingerprint density at radius 2 is 1.88 bits per heavy atom. The third-order valence-corrected chi connectivity index (χ3v) is 5.69. The van der Waals surface area contributed by atoms with Crippen LogP contribution in [-0.4, -0.2) is 35.8 Å². The molecule has 0 saturated heterocycles. The van der Waals surface area contributed by atoms with E-state index in [9.17, 15) is 14.5 Å². The minimum absolute atomic E-state index is 0.250. The normalized spacial score (nSPS) is 10.5. The fraction of sp³-hybridized carbons (Fsp3) is 0.250. The van der Waals surface area contributed by atoms with E-state index in [2.05, 4.69) is 11.1 Å². The van der Waals surface area contributed by atoms with E-state index >= 15 is 0 Å². The van der Waals surface area contributed by atoms with Gasteiger partial charge in [-0.05, 0) is 32.2 Å². The highest BCUT2D eigenvalue weighted by Gasteiger charge is 2.17. The van der Waals surface area contributed by atoms with Crippen LogP contribution in [0.3, 0.4) is 0 Å². The van der Waals surface area contributed by atoms with Crippen LogP contribution >= 0.6 is 31.1 Å². The van der Waals surface area contributed by atoms with Gasteiger partial charge in [-0.2, -0.15) is 0 Å². The van der Waals surface area contributed by atoms with Crippen molar-refractivity contribution in [3.05, 3.63) is 40.9 Å². The Morgan fingerprint density at radius 1 is 1.36 bits per heavy atom. The summed E-state index contributed by atoms with van der Waals surface area (Å²) in [6.45, 7) is 3.30. The third-order valence-electron chi connectivity index (χ3n) is 2.44. The van der Waals surface area contributed by atoms with Gasteiger partial charge in [-0.15, -0.1) is 11.3 Å². The number of anilines is 1. The van der Waals surface area contributed by atoms with Gasteiger partial charge in [0, 0.05) is 29.4 Å². The number of hydrogen-bond donors (Lipinski definition) is 4. The average Bonchev–Trinajstić information content (AvgIpc) is 2.99. The first kappa shape index (κ1) is 23.7.